The fourth-order valence-corrected chi connectivity index (χ4v) is 1.84. The Hall–Kier alpha value is -1.42. The SMILES string of the molecule is NCc1ccnc(OC2CCC(=O)CC2)c1. The van der Waals surface area contributed by atoms with Crippen molar-refractivity contribution in [1.82, 2.24) is 4.98 Å². The third-order valence-electron chi connectivity index (χ3n) is 2.81. The van der Waals surface area contributed by atoms with Crippen molar-refractivity contribution in [3.8, 4) is 5.88 Å². The van der Waals surface area contributed by atoms with E-state index >= 15 is 0 Å². The Labute approximate surface area is 94.8 Å². The standard InChI is InChI=1S/C12H16N2O2/c13-8-9-5-6-14-12(7-9)16-11-3-1-10(15)2-4-11/h5-7,11H,1-4,8,13H2. The molecule has 4 nitrogen and oxygen atoms in total. The van der Waals surface area contributed by atoms with Crippen LogP contribution in [0.5, 0.6) is 5.88 Å². The maximum atomic E-state index is 11.1. The topological polar surface area (TPSA) is 65.2 Å². The number of rotatable bonds is 3. The second kappa shape index (κ2) is 5.07. The first-order chi connectivity index (χ1) is 7.78. The molecule has 16 heavy (non-hydrogen) atoms. The maximum absolute atomic E-state index is 11.1. The largest absolute Gasteiger partial charge is 0.474 e. The zero-order valence-electron chi connectivity index (χ0n) is 9.19. The molecule has 1 saturated carbocycles. The molecule has 1 aliphatic carbocycles. The lowest BCUT2D eigenvalue weighted by atomic mass is 9.96. The van der Waals surface area contributed by atoms with Gasteiger partial charge in [0.05, 0.1) is 0 Å². The number of carbonyl (C=O) groups is 1. The van der Waals surface area contributed by atoms with Crippen molar-refractivity contribution in [3.05, 3.63) is 23.9 Å². The van der Waals surface area contributed by atoms with Crippen LogP contribution in [0.4, 0.5) is 0 Å². The number of Topliss-reactive ketones (excluding diaryl/α,β-unsaturated/α-hetero) is 1. The normalized spacial score (nSPS) is 17.4. The Kier molecular flexibility index (Phi) is 3.51. The molecular formula is C12H16N2O2. The molecule has 0 bridgehead atoms. The number of carbonyl (C=O) groups excluding carboxylic acids is 1. The molecular weight excluding hydrogens is 204 g/mol. The summed E-state index contributed by atoms with van der Waals surface area (Å²) in [6.07, 6.45) is 4.67. The van der Waals surface area contributed by atoms with Crippen LogP contribution in [0.3, 0.4) is 0 Å². The van der Waals surface area contributed by atoms with Crippen LogP contribution in [0.25, 0.3) is 0 Å². The van der Waals surface area contributed by atoms with Crippen LogP contribution in [0.1, 0.15) is 31.2 Å². The quantitative estimate of drug-likeness (QED) is 0.836. The summed E-state index contributed by atoms with van der Waals surface area (Å²) >= 11 is 0. The molecule has 1 aromatic heterocycles. The number of aromatic nitrogens is 1. The summed E-state index contributed by atoms with van der Waals surface area (Å²) in [4.78, 5) is 15.2. The van der Waals surface area contributed by atoms with Crippen molar-refractivity contribution < 1.29 is 9.53 Å². The summed E-state index contributed by atoms with van der Waals surface area (Å²) in [5, 5.41) is 0. The summed E-state index contributed by atoms with van der Waals surface area (Å²) in [5.74, 6) is 0.950. The third kappa shape index (κ3) is 2.79. The van der Waals surface area contributed by atoms with E-state index in [0.29, 0.717) is 31.0 Å². The van der Waals surface area contributed by atoms with E-state index in [0.717, 1.165) is 18.4 Å². The van der Waals surface area contributed by atoms with Gasteiger partial charge in [-0.15, -0.1) is 0 Å². The van der Waals surface area contributed by atoms with Crippen molar-refractivity contribution in [3.63, 3.8) is 0 Å². The zero-order chi connectivity index (χ0) is 11.4. The minimum atomic E-state index is 0.123. The highest BCUT2D eigenvalue weighted by Crippen LogP contribution is 2.20. The number of ketones is 1. The molecule has 0 radical (unpaired) electrons. The van der Waals surface area contributed by atoms with E-state index in [1.54, 1.807) is 6.20 Å². The monoisotopic (exact) mass is 220 g/mol. The van der Waals surface area contributed by atoms with Crippen LogP contribution in [0, 0.1) is 0 Å². The van der Waals surface area contributed by atoms with Crippen LogP contribution in [0.15, 0.2) is 18.3 Å². The molecule has 0 unspecified atom stereocenters. The molecule has 1 aliphatic rings. The second-order valence-electron chi connectivity index (χ2n) is 4.06. The van der Waals surface area contributed by atoms with Crippen LogP contribution in [-0.2, 0) is 11.3 Å². The molecule has 0 atom stereocenters. The first kappa shape index (κ1) is 11.1. The summed E-state index contributed by atoms with van der Waals surface area (Å²) in [7, 11) is 0. The molecule has 1 fully saturated rings. The number of pyridine rings is 1. The predicted octanol–water partition coefficient (Wildman–Crippen LogP) is 1.43. The van der Waals surface area contributed by atoms with Gasteiger partial charge in [-0.05, 0) is 24.5 Å². The Morgan fingerprint density at radius 3 is 2.88 bits per heavy atom. The Balaban J connectivity index is 1.95. The lowest BCUT2D eigenvalue weighted by Crippen LogP contribution is -2.24. The van der Waals surface area contributed by atoms with Gasteiger partial charge in [-0.3, -0.25) is 4.79 Å². The van der Waals surface area contributed by atoms with Crippen molar-refractivity contribution >= 4 is 5.78 Å². The number of ether oxygens (including phenoxy) is 1. The van der Waals surface area contributed by atoms with Gasteiger partial charge in [-0.1, -0.05) is 0 Å². The van der Waals surface area contributed by atoms with Gasteiger partial charge < -0.3 is 10.5 Å². The van der Waals surface area contributed by atoms with Crippen LogP contribution < -0.4 is 10.5 Å². The molecule has 0 spiro atoms. The highest BCUT2D eigenvalue weighted by Gasteiger charge is 2.20. The minimum Gasteiger partial charge on any atom is -0.474 e. The number of nitrogens with two attached hydrogens (primary N) is 1. The summed E-state index contributed by atoms with van der Waals surface area (Å²) in [6, 6.07) is 3.73. The summed E-state index contributed by atoms with van der Waals surface area (Å²) in [6.45, 7) is 0.488. The van der Waals surface area contributed by atoms with Gasteiger partial charge >= 0.3 is 0 Å². The summed E-state index contributed by atoms with van der Waals surface area (Å²) < 4.78 is 5.73. The number of nitrogens with zero attached hydrogens (tertiary/aromatic N) is 1. The molecule has 0 saturated heterocycles. The van der Waals surface area contributed by atoms with Crippen LogP contribution in [-0.4, -0.2) is 16.9 Å². The number of hydrogen-bond acceptors (Lipinski definition) is 4. The van der Waals surface area contributed by atoms with Gasteiger partial charge in [0.15, 0.2) is 0 Å². The third-order valence-corrected chi connectivity index (χ3v) is 2.81. The molecule has 2 N–H and O–H groups in total. The van der Waals surface area contributed by atoms with Crippen LogP contribution >= 0.6 is 0 Å². The molecule has 0 amide bonds. The highest BCUT2D eigenvalue weighted by atomic mass is 16.5. The molecule has 1 heterocycles. The molecule has 1 aromatic rings. The molecule has 4 heteroatoms. The van der Waals surface area contributed by atoms with Gasteiger partial charge in [0.2, 0.25) is 5.88 Å². The maximum Gasteiger partial charge on any atom is 0.213 e. The van der Waals surface area contributed by atoms with Gasteiger partial charge in [-0.25, -0.2) is 4.98 Å². The van der Waals surface area contributed by atoms with E-state index in [-0.39, 0.29) is 6.10 Å². The smallest absolute Gasteiger partial charge is 0.213 e. The highest BCUT2D eigenvalue weighted by molar-refractivity contribution is 5.79. The average Bonchev–Trinajstić information content (AvgIpc) is 2.32. The van der Waals surface area contributed by atoms with E-state index in [2.05, 4.69) is 4.98 Å². The van der Waals surface area contributed by atoms with E-state index in [4.69, 9.17) is 10.5 Å². The Morgan fingerprint density at radius 2 is 2.19 bits per heavy atom. The van der Waals surface area contributed by atoms with Crippen molar-refractivity contribution in [1.29, 1.82) is 0 Å². The average molecular weight is 220 g/mol. The second-order valence-corrected chi connectivity index (χ2v) is 4.06. The van der Waals surface area contributed by atoms with Crippen molar-refractivity contribution in [2.45, 2.75) is 38.3 Å². The van der Waals surface area contributed by atoms with Gasteiger partial charge in [0.1, 0.15) is 11.9 Å². The summed E-state index contributed by atoms with van der Waals surface area (Å²) in [5.41, 5.74) is 6.55. The first-order valence-electron chi connectivity index (χ1n) is 5.61. The molecule has 2 rings (SSSR count). The first-order valence-corrected chi connectivity index (χ1v) is 5.61. The Morgan fingerprint density at radius 1 is 1.44 bits per heavy atom. The number of hydrogen-bond donors (Lipinski definition) is 1. The predicted molar refractivity (Wildman–Crippen MR) is 60.0 cm³/mol. The van der Waals surface area contributed by atoms with Gasteiger partial charge in [0.25, 0.3) is 0 Å². The van der Waals surface area contributed by atoms with Crippen molar-refractivity contribution in [2.75, 3.05) is 0 Å². The van der Waals surface area contributed by atoms with E-state index < -0.39 is 0 Å². The van der Waals surface area contributed by atoms with E-state index in [1.165, 1.54) is 0 Å². The van der Waals surface area contributed by atoms with Crippen molar-refractivity contribution in [2.24, 2.45) is 5.73 Å². The van der Waals surface area contributed by atoms with Gasteiger partial charge in [0, 0.05) is 31.6 Å². The van der Waals surface area contributed by atoms with Gasteiger partial charge in [-0.2, -0.15) is 0 Å². The Bertz CT molecular complexity index is 369. The molecule has 0 aromatic carbocycles. The fourth-order valence-electron chi connectivity index (χ4n) is 1.84. The van der Waals surface area contributed by atoms with E-state index in [9.17, 15) is 4.79 Å². The van der Waals surface area contributed by atoms with E-state index in [1.807, 2.05) is 12.1 Å². The van der Waals surface area contributed by atoms with Crippen LogP contribution in [0.2, 0.25) is 0 Å². The molecule has 86 valence electrons. The lowest BCUT2D eigenvalue weighted by molar-refractivity contribution is -0.121. The molecule has 0 aliphatic heterocycles. The fraction of sp³-hybridized carbons (Fsp3) is 0.500. The zero-order valence-corrected chi connectivity index (χ0v) is 9.19. The lowest BCUT2D eigenvalue weighted by Gasteiger charge is -2.21. The minimum absolute atomic E-state index is 0.123.